The van der Waals surface area contributed by atoms with Crippen LogP contribution in [0.25, 0.3) is 16.9 Å². The van der Waals surface area contributed by atoms with E-state index in [4.69, 9.17) is 0 Å². The van der Waals surface area contributed by atoms with Gasteiger partial charge in [-0.15, -0.1) is 0 Å². The van der Waals surface area contributed by atoms with E-state index in [1.165, 1.54) is 98.9 Å². The molecule has 1 aliphatic heterocycles. The third-order valence-corrected chi connectivity index (χ3v) is 10.3. The molecule has 0 unspecified atom stereocenters. The third-order valence-electron chi connectivity index (χ3n) is 8.56. The van der Waals surface area contributed by atoms with Crippen LogP contribution in [-0.2, 0) is 12.8 Å². The van der Waals surface area contributed by atoms with E-state index >= 15 is 0 Å². The molecule has 1 heterocycles. The van der Waals surface area contributed by atoms with Crippen LogP contribution < -0.4 is 0 Å². The van der Waals surface area contributed by atoms with Crippen molar-refractivity contribution in [3.8, 4) is 11.8 Å². The Balaban J connectivity index is 1.63. The molecule has 2 aromatic carbocycles. The minimum absolute atomic E-state index is 0.797. The van der Waals surface area contributed by atoms with Crippen LogP contribution in [0.5, 0.6) is 0 Å². The maximum atomic E-state index is 11.5. The largest absolute Gasteiger partial charge is 0.493 e. The van der Waals surface area contributed by atoms with Gasteiger partial charge in [-0.1, -0.05) is 146 Å². The number of rotatable bonds is 19. The average molecular weight is 595 g/mol. The first kappa shape index (κ1) is 34.8. The smallest absolute Gasteiger partial charge is 0.223 e. The first-order valence-corrected chi connectivity index (χ1v) is 21.2. The molecule has 0 radical (unpaired) electrons. The Kier molecular flexibility index (Phi) is 15.2. The van der Waals surface area contributed by atoms with Gasteiger partial charge in [0.1, 0.15) is 5.57 Å². The summed E-state index contributed by atoms with van der Waals surface area (Å²) in [6.07, 6.45) is 22.4. The van der Waals surface area contributed by atoms with Crippen LogP contribution in [0.15, 0.2) is 60.2 Å². The SMILES string of the molecule is CCCCCCCCCCCCCC#CC1=C(c2ccc(CCCC)cc2)[N+](=[N-])C(c2ccc(CC[Si](C)(C)C)cc2)=C1. The number of hydrogen-bond donors (Lipinski definition) is 0. The predicted octanol–water partition coefficient (Wildman–Crippen LogP) is 12.4. The molecule has 3 rings (SSSR count). The highest BCUT2D eigenvalue weighted by Gasteiger charge is 2.28. The van der Waals surface area contributed by atoms with Gasteiger partial charge in [0.15, 0.2) is 0 Å². The summed E-state index contributed by atoms with van der Waals surface area (Å²) in [5, 5.41) is 0. The van der Waals surface area contributed by atoms with Crippen molar-refractivity contribution in [3.05, 3.63) is 88.0 Å². The van der Waals surface area contributed by atoms with E-state index in [2.05, 4.69) is 99.9 Å². The van der Waals surface area contributed by atoms with E-state index in [-0.39, 0.29) is 0 Å². The Morgan fingerprint density at radius 3 is 1.70 bits per heavy atom. The van der Waals surface area contributed by atoms with Gasteiger partial charge in [-0.25, -0.2) is 4.70 Å². The van der Waals surface area contributed by atoms with Crippen LogP contribution in [0.3, 0.4) is 0 Å². The van der Waals surface area contributed by atoms with Crippen LogP contribution >= 0.6 is 0 Å². The Hall–Kier alpha value is -2.70. The molecule has 0 aliphatic carbocycles. The Bertz CT molecular complexity index is 1250. The molecule has 0 atom stereocenters. The highest BCUT2D eigenvalue weighted by Crippen LogP contribution is 2.35. The van der Waals surface area contributed by atoms with Crippen LogP contribution in [-0.4, -0.2) is 12.8 Å². The molecular weight excluding hydrogens is 537 g/mol. The number of benzene rings is 2. The molecule has 0 saturated heterocycles. The Morgan fingerprint density at radius 2 is 1.14 bits per heavy atom. The molecule has 1 aliphatic rings. The maximum absolute atomic E-state index is 11.5. The van der Waals surface area contributed by atoms with E-state index in [9.17, 15) is 5.53 Å². The normalized spacial score (nSPS) is 13.3. The molecule has 3 heteroatoms. The zero-order valence-electron chi connectivity index (χ0n) is 28.1. The zero-order valence-corrected chi connectivity index (χ0v) is 29.1. The lowest BCUT2D eigenvalue weighted by molar-refractivity contribution is -0.344. The second-order valence-corrected chi connectivity index (χ2v) is 19.4. The molecule has 2 aromatic rings. The predicted molar refractivity (Wildman–Crippen MR) is 191 cm³/mol. The quantitative estimate of drug-likeness (QED) is 0.0669. The number of aryl methyl sites for hydroxylation is 2. The van der Waals surface area contributed by atoms with Gasteiger partial charge in [-0.2, -0.15) is 0 Å². The first-order chi connectivity index (χ1) is 20.8. The minimum atomic E-state index is -1.07. The summed E-state index contributed by atoms with van der Waals surface area (Å²) in [6, 6.07) is 18.7. The first-order valence-electron chi connectivity index (χ1n) is 17.4. The van der Waals surface area contributed by atoms with E-state index in [0.29, 0.717) is 0 Å². The molecule has 0 aromatic heterocycles. The molecule has 0 spiro atoms. The van der Waals surface area contributed by atoms with E-state index in [0.717, 1.165) is 53.8 Å². The van der Waals surface area contributed by atoms with E-state index < -0.39 is 8.07 Å². The molecule has 232 valence electrons. The van der Waals surface area contributed by atoms with Gasteiger partial charge in [0.25, 0.3) is 0 Å². The van der Waals surface area contributed by atoms with Crippen molar-refractivity contribution in [1.29, 1.82) is 0 Å². The van der Waals surface area contributed by atoms with E-state index in [1.54, 1.807) is 0 Å². The number of unbranched alkanes of at least 4 members (excludes halogenated alkanes) is 12. The van der Waals surface area contributed by atoms with Crippen LogP contribution in [0.2, 0.25) is 25.7 Å². The molecule has 43 heavy (non-hydrogen) atoms. The standard InChI is InChI=1S/C40H58N2Si/c1-6-8-10-11-12-13-14-15-16-17-18-19-20-22-38-33-39(36-27-23-35(24-28-36)31-32-43(3,4)5)42(41)40(38)37-29-25-34(26-30-37)21-9-7-2/h23-30,33H,6-19,21,31-32H2,1-5H3. The van der Waals surface area contributed by atoms with Crippen LogP contribution in [0, 0.1) is 11.8 Å². The topological polar surface area (TPSA) is 25.3 Å². The van der Waals surface area contributed by atoms with Gasteiger partial charge in [0, 0.05) is 31.7 Å². The van der Waals surface area contributed by atoms with Gasteiger partial charge < -0.3 is 5.53 Å². The highest BCUT2D eigenvalue weighted by atomic mass is 28.3. The number of allylic oxidation sites excluding steroid dienone is 2. The van der Waals surface area contributed by atoms with Gasteiger partial charge in [0.05, 0.1) is 0 Å². The Labute approximate surface area is 265 Å². The van der Waals surface area contributed by atoms with E-state index in [1.807, 2.05) is 0 Å². The van der Waals surface area contributed by atoms with Crippen molar-refractivity contribution >= 4 is 19.5 Å². The van der Waals surface area contributed by atoms with Gasteiger partial charge in [-0.05, 0) is 61.1 Å². The van der Waals surface area contributed by atoms with Gasteiger partial charge >= 0.3 is 0 Å². The second-order valence-electron chi connectivity index (χ2n) is 13.7. The minimum Gasteiger partial charge on any atom is -0.493 e. The zero-order chi connectivity index (χ0) is 30.9. The highest BCUT2D eigenvalue weighted by molar-refractivity contribution is 6.76. The fourth-order valence-corrected chi connectivity index (χ4v) is 6.73. The van der Waals surface area contributed by atoms with Crippen LogP contribution in [0.4, 0.5) is 0 Å². The van der Waals surface area contributed by atoms with Gasteiger partial charge in [-0.3, -0.25) is 0 Å². The number of nitrogens with zero attached hydrogens (tertiary/aromatic N) is 2. The van der Waals surface area contributed by atoms with Crippen molar-refractivity contribution in [2.75, 3.05) is 0 Å². The second kappa shape index (κ2) is 18.8. The monoisotopic (exact) mass is 594 g/mol. The summed E-state index contributed by atoms with van der Waals surface area (Å²) < 4.78 is 1.37. The fourth-order valence-electron chi connectivity index (χ4n) is 5.69. The molecule has 0 fully saturated rings. The fraction of sp³-hybridized carbons (Fsp3) is 0.550. The lowest BCUT2D eigenvalue weighted by Crippen LogP contribution is -2.19. The lowest BCUT2D eigenvalue weighted by atomic mass is 10.0. The summed E-state index contributed by atoms with van der Waals surface area (Å²) in [5.41, 5.74) is 18.7. The van der Waals surface area contributed by atoms with Crippen molar-refractivity contribution in [2.24, 2.45) is 0 Å². The summed E-state index contributed by atoms with van der Waals surface area (Å²) >= 11 is 0. The summed E-state index contributed by atoms with van der Waals surface area (Å²) in [6.45, 7) is 11.8. The summed E-state index contributed by atoms with van der Waals surface area (Å²) in [7, 11) is -1.07. The van der Waals surface area contributed by atoms with Crippen molar-refractivity contribution in [3.63, 3.8) is 0 Å². The maximum Gasteiger partial charge on any atom is 0.223 e. The van der Waals surface area contributed by atoms with Crippen molar-refractivity contribution < 1.29 is 4.70 Å². The summed E-state index contributed by atoms with van der Waals surface area (Å²) in [5.74, 6) is 6.89. The molecule has 0 bridgehead atoms. The molecule has 0 saturated carbocycles. The van der Waals surface area contributed by atoms with Crippen LogP contribution in [0.1, 0.15) is 126 Å². The van der Waals surface area contributed by atoms with Gasteiger partial charge in [0.2, 0.25) is 11.4 Å². The molecule has 0 amide bonds. The molecule has 0 N–H and O–H groups in total. The number of hydrogen-bond acceptors (Lipinski definition) is 0. The molecular formula is C40H58N2Si. The third kappa shape index (κ3) is 12.4. The molecule has 2 nitrogen and oxygen atoms in total. The van der Waals surface area contributed by atoms with Crippen molar-refractivity contribution in [2.45, 2.75) is 142 Å². The summed E-state index contributed by atoms with van der Waals surface area (Å²) in [4.78, 5) is 0. The van der Waals surface area contributed by atoms with Crippen molar-refractivity contribution in [1.82, 2.24) is 0 Å². The lowest BCUT2D eigenvalue weighted by Gasteiger charge is -2.15. The average Bonchev–Trinajstić information content (AvgIpc) is 3.33. The Morgan fingerprint density at radius 1 is 0.628 bits per heavy atom.